The summed E-state index contributed by atoms with van der Waals surface area (Å²) in [5.41, 5.74) is 1.03. The van der Waals surface area contributed by atoms with Crippen molar-refractivity contribution in [3.8, 4) is 34.6 Å². The maximum Gasteiger partial charge on any atom is 3.00 e. The van der Waals surface area contributed by atoms with Gasteiger partial charge in [0.15, 0.2) is 19.7 Å². The molecule has 0 amide bonds. The summed E-state index contributed by atoms with van der Waals surface area (Å²) < 4.78 is 48.7. The van der Waals surface area contributed by atoms with E-state index in [2.05, 4.69) is 30.7 Å². The first-order valence-corrected chi connectivity index (χ1v) is 19.8. The van der Waals surface area contributed by atoms with Crippen molar-refractivity contribution >= 4 is 65.6 Å². The molecule has 22 heteroatoms. The van der Waals surface area contributed by atoms with Gasteiger partial charge in [-0.05, 0) is 74.5 Å². The van der Waals surface area contributed by atoms with E-state index in [1.54, 1.807) is 62.4 Å². The molecule has 0 aliphatic carbocycles. The molecular formula is C34H30Cl2CrN9O8S2. The fourth-order valence-electron chi connectivity index (χ4n) is 4.61. The standard InChI is InChI=1S/2C17H15ClN4O4S.Cr.H3N/c2*1-10-16(17(24)22(21-10)12-5-3-4-11(18)8-12)20-19-14-9-13(27(2,25)26)6-7-15(14)23;;/h2*3-9,23-24H,1-2H3;;1H3/q;;+3;/p-3. The first kappa shape index (κ1) is 45.1. The van der Waals surface area contributed by atoms with E-state index in [-0.39, 0.29) is 56.1 Å². The third kappa shape index (κ3) is 10.5. The third-order valence-corrected chi connectivity index (χ3v) is 10.0. The Bertz CT molecular complexity index is 2500. The number of rotatable bonds is 8. The van der Waals surface area contributed by atoms with E-state index in [1.165, 1.54) is 12.1 Å². The number of nitrogens with zero attached hydrogens (tertiary/aromatic N) is 8. The van der Waals surface area contributed by atoms with Crippen molar-refractivity contribution in [1.82, 2.24) is 25.7 Å². The van der Waals surface area contributed by atoms with Gasteiger partial charge < -0.3 is 26.6 Å². The van der Waals surface area contributed by atoms with E-state index in [0.717, 1.165) is 46.1 Å². The number of quaternary nitrogens is 1. The number of hydrogen-bond acceptors (Lipinski definition) is 14. The van der Waals surface area contributed by atoms with E-state index in [4.69, 9.17) is 23.2 Å². The Kier molecular flexibility index (Phi) is 14.6. The summed E-state index contributed by atoms with van der Waals surface area (Å²) >= 11 is 11.9. The van der Waals surface area contributed by atoms with Gasteiger partial charge in [0.1, 0.15) is 11.4 Å². The third-order valence-electron chi connectivity index (χ3n) is 7.31. The summed E-state index contributed by atoms with van der Waals surface area (Å²) in [6, 6.07) is 19.9. The van der Waals surface area contributed by atoms with Crippen LogP contribution < -0.4 is 26.6 Å². The van der Waals surface area contributed by atoms with Gasteiger partial charge in [0.2, 0.25) is 0 Å². The number of aryl methyl sites for hydroxylation is 2. The predicted octanol–water partition coefficient (Wildman–Crippen LogP) is 5.97. The summed E-state index contributed by atoms with van der Waals surface area (Å²) in [4.78, 5) is -0.130. The second kappa shape index (κ2) is 18.1. The van der Waals surface area contributed by atoms with Crippen LogP contribution in [-0.4, -0.2) is 48.9 Å². The Balaban J connectivity index is 0.000000290. The fraction of sp³-hybridized carbons (Fsp3) is 0.118. The molecule has 0 saturated carbocycles. The van der Waals surface area contributed by atoms with Crippen LogP contribution in [0.15, 0.2) is 115 Å². The van der Waals surface area contributed by atoms with Crippen molar-refractivity contribution in [3.63, 3.8) is 0 Å². The van der Waals surface area contributed by atoms with Crippen molar-refractivity contribution in [1.29, 1.82) is 0 Å². The maximum absolute atomic E-state index is 12.6. The van der Waals surface area contributed by atoms with Crippen LogP contribution in [0.1, 0.15) is 11.4 Å². The molecule has 4 aromatic carbocycles. The van der Waals surface area contributed by atoms with Gasteiger partial charge in [0, 0.05) is 34.3 Å². The summed E-state index contributed by atoms with van der Waals surface area (Å²) in [7, 11) is -7.02. The Morgan fingerprint density at radius 3 is 1.25 bits per heavy atom. The first-order chi connectivity index (χ1) is 25.3. The van der Waals surface area contributed by atoms with E-state index >= 15 is 0 Å². The molecule has 0 saturated heterocycles. The van der Waals surface area contributed by atoms with E-state index in [0.29, 0.717) is 32.8 Å². The number of sulfone groups is 2. The average Bonchev–Trinajstić information content (AvgIpc) is 3.55. The zero-order valence-corrected chi connectivity index (χ0v) is 34.3. The molecule has 6 rings (SSSR count). The molecule has 0 unspecified atom stereocenters. The maximum atomic E-state index is 12.6. The summed E-state index contributed by atoms with van der Waals surface area (Å²) in [6.45, 7) is 3.14. The van der Waals surface area contributed by atoms with Crippen molar-refractivity contribution < 1.29 is 54.6 Å². The molecule has 0 aliphatic rings. The van der Waals surface area contributed by atoms with Gasteiger partial charge in [-0.15, -0.1) is 10.2 Å². The van der Waals surface area contributed by atoms with Gasteiger partial charge in [-0.2, -0.15) is 20.4 Å². The van der Waals surface area contributed by atoms with Gasteiger partial charge in [0.25, 0.3) is 0 Å². The van der Waals surface area contributed by atoms with Crippen molar-refractivity contribution in [3.05, 3.63) is 106 Å². The topological polar surface area (TPSA) is 282 Å². The number of hydrogen-bond donors (Lipinski definition) is 1. The van der Waals surface area contributed by atoms with Crippen LogP contribution in [0.3, 0.4) is 0 Å². The van der Waals surface area contributed by atoms with E-state index in [1.807, 2.05) is 0 Å². The Morgan fingerprint density at radius 1 is 0.571 bits per heavy atom. The number of benzene rings is 4. The quantitative estimate of drug-likeness (QED) is 0.175. The molecule has 0 fully saturated rings. The molecule has 2 aromatic heterocycles. The minimum Gasteiger partial charge on any atom is -0.871 e. The Labute approximate surface area is 341 Å². The number of halogens is 2. The second-order valence-electron chi connectivity index (χ2n) is 11.5. The zero-order chi connectivity index (χ0) is 39.5. The minimum absolute atomic E-state index is 0. The van der Waals surface area contributed by atoms with Crippen LogP contribution in [0.25, 0.3) is 11.4 Å². The summed E-state index contributed by atoms with van der Waals surface area (Å²) in [5, 5.41) is 73.2. The average molecular weight is 880 g/mol. The van der Waals surface area contributed by atoms with Crippen LogP contribution in [0, 0.1) is 13.8 Å². The summed E-state index contributed by atoms with van der Waals surface area (Å²) in [6.07, 6.45) is 2.03. The van der Waals surface area contributed by atoms with Crippen LogP contribution in [0.5, 0.6) is 23.3 Å². The molecule has 0 bridgehead atoms. The summed E-state index contributed by atoms with van der Waals surface area (Å²) in [5.74, 6) is -2.10. The van der Waals surface area contributed by atoms with Gasteiger partial charge in [0.05, 0.1) is 43.9 Å². The van der Waals surface area contributed by atoms with Crippen molar-refractivity contribution in [2.75, 3.05) is 12.5 Å². The van der Waals surface area contributed by atoms with Gasteiger partial charge in [-0.25, -0.2) is 26.2 Å². The Morgan fingerprint density at radius 2 is 0.929 bits per heavy atom. The number of aromatic nitrogens is 4. The second-order valence-corrected chi connectivity index (χ2v) is 16.4. The van der Waals surface area contributed by atoms with Crippen LogP contribution in [0.4, 0.5) is 22.7 Å². The van der Waals surface area contributed by atoms with Crippen LogP contribution in [0.2, 0.25) is 10.0 Å². The van der Waals surface area contributed by atoms with Gasteiger partial charge in [-0.3, -0.25) is 0 Å². The smallest absolute Gasteiger partial charge is 0.871 e. The minimum atomic E-state index is -3.51. The molecule has 1 radical (unpaired) electrons. The molecule has 291 valence electrons. The normalized spacial score (nSPS) is 11.5. The van der Waals surface area contributed by atoms with Crippen LogP contribution in [-0.2, 0) is 37.0 Å². The van der Waals surface area contributed by atoms with Gasteiger partial charge in [-0.1, -0.05) is 59.0 Å². The molecule has 0 aliphatic heterocycles. The number of azo groups is 2. The molecule has 6 aromatic rings. The SMILES string of the molecule is Cc1nn(-c2cccc(Cl)c2)c([O-])c1N=Nc1cc(S(C)(=O)=O)ccc1[O-].Cc1nn(-c2cccc(Cl)c2)c([O-])c1N=Nc1cc(S(C)(=O)=O)ccc1[O-].[Cr+3].[NH4+]. The largest absolute Gasteiger partial charge is 3.00 e. The molecule has 0 atom stereocenters. The zero-order valence-electron chi connectivity index (χ0n) is 29.9. The molecule has 4 N–H and O–H groups in total. The van der Waals surface area contributed by atoms with E-state index < -0.39 is 42.9 Å². The first-order valence-electron chi connectivity index (χ1n) is 15.2. The molecule has 17 nitrogen and oxygen atoms in total. The van der Waals surface area contributed by atoms with E-state index in [9.17, 15) is 37.3 Å². The molecular weight excluding hydrogens is 849 g/mol. The predicted molar refractivity (Wildman–Crippen MR) is 198 cm³/mol. The van der Waals surface area contributed by atoms with Gasteiger partial charge >= 0.3 is 17.4 Å². The monoisotopic (exact) mass is 878 g/mol. The molecule has 2 heterocycles. The Hall–Kier alpha value is -5.33. The van der Waals surface area contributed by atoms with Crippen molar-refractivity contribution in [2.24, 2.45) is 20.5 Å². The molecule has 56 heavy (non-hydrogen) atoms. The fourth-order valence-corrected chi connectivity index (χ4v) is 6.26. The van der Waals surface area contributed by atoms with Crippen molar-refractivity contribution in [2.45, 2.75) is 23.6 Å². The molecule has 0 spiro atoms. The van der Waals surface area contributed by atoms with Crippen LogP contribution >= 0.6 is 23.2 Å².